The van der Waals surface area contributed by atoms with Crippen LogP contribution in [0.4, 0.5) is 0 Å². The molecule has 2 atom stereocenters. The molecule has 0 aliphatic rings. The fourth-order valence-electron chi connectivity index (χ4n) is 2.03. The van der Waals surface area contributed by atoms with Gasteiger partial charge in [0.1, 0.15) is 5.82 Å². The van der Waals surface area contributed by atoms with Gasteiger partial charge in [-0.1, -0.05) is 34.1 Å². The molecule has 0 saturated heterocycles. The SMILES string of the molecule is CCCn1ccnc1C(NCC)C(C)CC. The highest BCUT2D eigenvalue weighted by molar-refractivity contribution is 5.01. The maximum atomic E-state index is 4.52. The molecule has 0 bridgehead atoms. The Bertz CT molecular complexity index is 293. The van der Waals surface area contributed by atoms with E-state index in [0.29, 0.717) is 12.0 Å². The molecule has 2 unspecified atom stereocenters. The largest absolute Gasteiger partial charge is 0.334 e. The minimum Gasteiger partial charge on any atom is -0.334 e. The summed E-state index contributed by atoms with van der Waals surface area (Å²) in [6.07, 6.45) is 6.34. The summed E-state index contributed by atoms with van der Waals surface area (Å²) in [6, 6.07) is 0.386. The van der Waals surface area contributed by atoms with E-state index in [0.717, 1.165) is 19.5 Å². The predicted octanol–water partition coefficient (Wildman–Crippen LogP) is 2.99. The summed E-state index contributed by atoms with van der Waals surface area (Å²) in [5.41, 5.74) is 0. The zero-order chi connectivity index (χ0) is 12.0. The molecule has 16 heavy (non-hydrogen) atoms. The van der Waals surface area contributed by atoms with Crippen molar-refractivity contribution < 1.29 is 0 Å². The second-order valence-electron chi connectivity index (χ2n) is 4.40. The third-order valence-electron chi connectivity index (χ3n) is 3.13. The van der Waals surface area contributed by atoms with E-state index in [9.17, 15) is 0 Å². The molecule has 92 valence electrons. The molecular weight excluding hydrogens is 198 g/mol. The number of aryl methyl sites for hydroxylation is 1. The van der Waals surface area contributed by atoms with E-state index in [-0.39, 0.29) is 0 Å². The molecule has 3 heteroatoms. The molecular formula is C13H25N3. The van der Waals surface area contributed by atoms with Crippen LogP contribution in [0, 0.1) is 5.92 Å². The van der Waals surface area contributed by atoms with Gasteiger partial charge in [0.25, 0.3) is 0 Å². The maximum Gasteiger partial charge on any atom is 0.126 e. The van der Waals surface area contributed by atoms with Gasteiger partial charge in [0.2, 0.25) is 0 Å². The first kappa shape index (κ1) is 13.2. The average molecular weight is 223 g/mol. The van der Waals surface area contributed by atoms with Crippen molar-refractivity contribution in [3.05, 3.63) is 18.2 Å². The molecule has 3 nitrogen and oxygen atoms in total. The summed E-state index contributed by atoms with van der Waals surface area (Å²) in [4.78, 5) is 4.52. The van der Waals surface area contributed by atoms with Crippen molar-refractivity contribution in [1.29, 1.82) is 0 Å². The second kappa shape index (κ2) is 6.69. The number of imidazole rings is 1. The number of hydrogen-bond donors (Lipinski definition) is 1. The second-order valence-corrected chi connectivity index (χ2v) is 4.40. The molecule has 0 spiro atoms. The van der Waals surface area contributed by atoms with Gasteiger partial charge in [-0.15, -0.1) is 0 Å². The van der Waals surface area contributed by atoms with Gasteiger partial charge in [-0.05, 0) is 18.9 Å². The first-order valence-electron chi connectivity index (χ1n) is 6.48. The van der Waals surface area contributed by atoms with Crippen LogP contribution in [0.25, 0.3) is 0 Å². The minimum absolute atomic E-state index is 0.386. The van der Waals surface area contributed by atoms with Gasteiger partial charge in [0.05, 0.1) is 6.04 Å². The maximum absolute atomic E-state index is 4.52. The Labute approximate surface area is 99.3 Å². The van der Waals surface area contributed by atoms with E-state index in [1.807, 2.05) is 6.20 Å². The van der Waals surface area contributed by atoms with Gasteiger partial charge in [0, 0.05) is 18.9 Å². The molecule has 0 saturated carbocycles. The van der Waals surface area contributed by atoms with Crippen LogP contribution in [-0.4, -0.2) is 16.1 Å². The van der Waals surface area contributed by atoms with E-state index < -0.39 is 0 Å². The number of rotatable bonds is 7. The van der Waals surface area contributed by atoms with Crippen LogP contribution < -0.4 is 5.32 Å². The van der Waals surface area contributed by atoms with Crippen molar-refractivity contribution in [1.82, 2.24) is 14.9 Å². The Morgan fingerprint density at radius 3 is 2.69 bits per heavy atom. The van der Waals surface area contributed by atoms with E-state index in [4.69, 9.17) is 0 Å². The number of nitrogens with zero attached hydrogens (tertiary/aromatic N) is 2. The van der Waals surface area contributed by atoms with Crippen LogP contribution in [0.15, 0.2) is 12.4 Å². The van der Waals surface area contributed by atoms with Gasteiger partial charge in [-0.2, -0.15) is 0 Å². The van der Waals surface area contributed by atoms with Crippen LogP contribution >= 0.6 is 0 Å². The zero-order valence-corrected chi connectivity index (χ0v) is 11.0. The van der Waals surface area contributed by atoms with Gasteiger partial charge in [0.15, 0.2) is 0 Å². The zero-order valence-electron chi connectivity index (χ0n) is 11.0. The number of hydrogen-bond acceptors (Lipinski definition) is 2. The van der Waals surface area contributed by atoms with Gasteiger partial charge < -0.3 is 9.88 Å². The lowest BCUT2D eigenvalue weighted by Gasteiger charge is -2.24. The highest BCUT2D eigenvalue weighted by atomic mass is 15.1. The van der Waals surface area contributed by atoms with E-state index in [2.05, 4.69) is 48.8 Å². The summed E-state index contributed by atoms with van der Waals surface area (Å²) in [7, 11) is 0. The molecule has 1 heterocycles. The van der Waals surface area contributed by atoms with Crippen molar-refractivity contribution >= 4 is 0 Å². The topological polar surface area (TPSA) is 29.9 Å². The van der Waals surface area contributed by atoms with Crippen molar-refractivity contribution in [2.45, 2.75) is 53.1 Å². The molecule has 1 N–H and O–H groups in total. The molecule has 0 aliphatic heterocycles. The highest BCUT2D eigenvalue weighted by Crippen LogP contribution is 2.23. The summed E-state index contributed by atoms with van der Waals surface area (Å²) >= 11 is 0. The quantitative estimate of drug-likeness (QED) is 0.770. The lowest BCUT2D eigenvalue weighted by atomic mass is 9.98. The Hall–Kier alpha value is -0.830. The van der Waals surface area contributed by atoms with Crippen LogP contribution in [0.1, 0.15) is 52.4 Å². The Morgan fingerprint density at radius 1 is 1.38 bits per heavy atom. The fourth-order valence-corrected chi connectivity index (χ4v) is 2.03. The lowest BCUT2D eigenvalue weighted by molar-refractivity contribution is 0.356. The first-order chi connectivity index (χ1) is 7.74. The normalized spacial score (nSPS) is 15.0. The molecule has 0 amide bonds. The van der Waals surface area contributed by atoms with Gasteiger partial charge >= 0.3 is 0 Å². The molecule has 1 aromatic heterocycles. The third kappa shape index (κ3) is 3.08. The molecule has 0 fully saturated rings. The van der Waals surface area contributed by atoms with Crippen LogP contribution in [-0.2, 0) is 6.54 Å². The standard InChI is InChI=1S/C13H25N3/c1-5-9-16-10-8-15-13(16)12(14-7-3)11(4)6-2/h8,10-12,14H,5-7,9H2,1-4H3. The summed E-state index contributed by atoms with van der Waals surface area (Å²) in [6.45, 7) is 10.9. The van der Waals surface area contributed by atoms with E-state index in [1.165, 1.54) is 12.2 Å². The van der Waals surface area contributed by atoms with Crippen molar-refractivity contribution in [2.75, 3.05) is 6.54 Å². The van der Waals surface area contributed by atoms with Crippen LogP contribution in [0.3, 0.4) is 0 Å². The third-order valence-corrected chi connectivity index (χ3v) is 3.13. The Balaban J connectivity index is 2.86. The molecule has 1 rings (SSSR count). The lowest BCUT2D eigenvalue weighted by Crippen LogP contribution is -2.29. The van der Waals surface area contributed by atoms with Crippen LogP contribution in [0.2, 0.25) is 0 Å². The first-order valence-corrected chi connectivity index (χ1v) is 6.48. The minimum atomic E-state index is 0.386. The van der Waals surface area contributed by atoms with E-state index in [1.54, 1.807) is 0 Å². The van der Waals surface area contributed by atoms with Crippen LogP contribution in [0.5, 0.6) is 0 Å². The van der Waals surface area contributed by atoms with E-state index >= 15 is 0 Å². The molecule has 0 aliphatic carbocycles. The van der Waals surface area contributed by atoms with Crippen molar-refractivity contribution in [2.24, 2.45) is 5.92 Å². The Kier molecular flexibility index (Phi) is 5.53. The van der Waals surface area contributed by atoms with Crippen molar-refractivity contribution in [3.8, 4) is 0 Å². The smallest absolute Gasteiger partial charge is 0.126 e. The number of nitrogens with one attached hydrogen (secondary N) is 1. The number of aromatic nitrogens is 2. The molecule has 0 aromatic carbocycles. The average Bonchev–Trinajstić information content (AvgIpc) is 2.73. The summed E-state index contributed by atoms with van der Waals surface area (Å²) in [5.74, 6) is 1.82. The predicted molar refractivity (Wildman–Crippen MR) is 68.4 cm³/mol. The monoisotopic (exact) mass is 223 g/mol. The fraction of sp³-hybridized carbons (Fsp3) is 0.769. The van der Waals surface area contributed by atoms with Crippen molar-refractivity contribution in [3.63, 3.8) is 0 Å². The Morgan fingerprint density at radius 2 is 2.12 bits per heavy atom. The summed E-state index contributed by atoms with van der Waals surface area (Å²) < 4.78 is 2.28. The molecule has 0 radical (unpaired) electrons. The molecule has 1 aromatic rings. The van der Waals surface area contributed by atoms with Gasteiger partial charge in [-0.25, -0.2) is 4.98 Å². The van der Waals surface area contributed by atoms with Gasteiger partial charge in [-0.3, -0.25) is 0 Å². The summed E-state index contributed by atoms with van der Waals surface area (Å²) in [5, 5.41) is 3.55. The highest BCUT2D eigenvalue weighted by Gasteiger charge is 2.20.